The van der Waals surface area contributed by atoms with Gasteiger partial charge in [-0.3, -0.25) is 0 Å². The highest BCUT2D eigenvalue weighted by molar-refractivity contribution is 5.65. The highest BCUT2D eigenvalue weighted by Crippen LogP contribution is 2.22. The third-order valence-electron chi connectivity index (χ3n) is 3.51. The van der Waals surface area contributed by atoms with Crippen LogP contribution in [-0.4, -0.2) is 17.1 Å². The summed E-state index contributed by atoms with van der Waals surface area (Å²) in [5, 5.41) is 15.5. The maximum Gasteiger partial charge on any atom is 0.229 e. The van der Waals surface area contributed by atoms with E-state index in [1.54, 1.807) is 13.2 Å². The van der Waals surface area contributed by atoms with Gasteiger partial charge < -0.3 is 15.4 Å². The van der Waals surface area contributed by atoms with Gasteiger partial charge in [-0.1, -0.05) is 12.1 Å². The fraction of sp³-hybridized carbons (Fsp3) is 0.105. The Morgan fingerprint density at radius 3 is 2.48 bits per heavy atom. The summed E-state index contributed by atoms with van der Waals surface area (Å²) < 4.78 is 5.16. The molecule has 0 aliphatic rings. The molecule has 0 saturated heterocycles. The van der Waals surface area contributed by atoms with Crippen molar-refractivity contribution in [3.8, 4) is 11.8 Å². The van der Waals surface area contributed by atoms with E-state index in [2.05, 4.69) is 26.7 Å². The van der Waals surface area contributed by atoms with E-state index in [9.17, 15) is 5.26 Å². The largest absolute Gasteiger partial charge is 0.497 e. The second-order valence-corrected chi connectivity index (χ2v) is 5.35. The molecule has 6 nitrogen and oxygen atoms in total. The smallest absolute Gasteiger partial charge is 0.229 e. The first-order chi connectivity index (χ1) is 12.2. The van der Waals surface area contributed by atoms with Gasteiger partial charge >= 0.3 is 0 Å². The van der Waals surface area contributed by atoms with Gasteiger partial charge in [0, 0.05) is 17.4 Å². The Morgan fingerprint density at radius 1 is 1.00 bits per heavy atom. The van der Waals surface area contributed by atoms with Crippen molar-refractivity contribution in [3.05, 3.63) is 65.9 Å². The Balaban J connectivity index is 1.83. The molecule has 1 aromatic heterocycles. The number of rotatable bonds is 5. The topological polar surface area (TPSA) is 82.9 Å². The van der Waals surface area contributed by atoms with Crippen LogP contribution in [-0.2, 0) is 0 Å². The van der Waals surface area contributed by atoms with Gasteiger partial charge in [0.15, 0.2) is 0 Å². The first-order valence-electron chi connectivity index (χ1n) is 7.71. The molecule has 0 saturated carbocycles. The number of aromatic nitrogens is 2. The Morgan fingerprint density at radius 2 is 1.76 bits per heavy atom. The number of para-hydroxylation sites is 1. The Hall–Kier alpha value is -3.59. The van der Waals surface area contributed by atoms with E-state index in [-0.39, 0.29) is 0 Å². The lowest BCUT2D eigenvalue weighted by Gasteiger charge is -2.11. The molecule has 0 spiro atoms. The van der Waals surface area contributed by atoms with Gasteiger partial charge in [0.25, 0.3) is 0 Å². The number of nitrogens with one attached hydrogen (secondary N) is 2. The Labute approximate surface area is 146 Å². The fourth-order valence-electron chi connectivity index (χ4n) is 2.32. The minimum atomic E-state index is 0.429. The van der Waals surface area contributed by atoms with Crippen molar-refractivity contribution in [1.82, 2.24) is 9.97 Å². The van der Waals surface area contributed by atoms with Crippen LogP contribution < -0.4 is 15.4 Å². The van der Waals surface area contributed by atoms with Crippen LogP contribution in [0.3, 0.4) is 0 Å². The molecular weight excluding hydrogens is 314 g/mol. The molecule has 1 heterocycles. The molecule has 124 valence electrons. The zero-order chi connectivity index (χ0) is 17.6. The lowest BCUT2D eigenvalue weighted by molar-refractivity contribution is 0.415. The molecule has 6 heteroatoms. The molecule has 2 N–H and O–H groups in total. The number of methoxy groups -OCH3 is 1. The van der Waals surface area contributed by atoms with Gasteiger partial charge in [0.05, 0.1) is 18.4 Å². The van der Waals surface area contributed by atoms with Crippen molar-refractivity contribution in [1.29, 1.82) is 5.26 Å². The van der Waals surface area contributed by atoms with Gasteiger partial charge in [-0.25, -0.2) is 4.98 Å². The zero-order valence-corrected chi connectivity index (χ0v) is 13.9. The molecule has 0 radical (unpaired) electrons. The number of benzene rings is 2. The second kappa shape index (κ2) is 7.32. The third-order valence-corrected chi connectivity index (χ3v) is 3.51. The van der Waals surface area contributed by atoms with Crippen molar-refractivity contribution >= 4 is 23.1 Å². The van der Waals surface area contributed by atoms with Crippen LogP contribution in [0.4, 0.5) is 23.1 Å². The number of nitriles is 1. The predicted octanol–water partition coefficient (Wildman–Crippen LogP) is 4.15. The molecular formula is C19H17N5O. The minimum absolute atomic E-state index is 0.429. The van der Waals surface area contributed by atoms with Crippen molar-refractivity contribution in [3.63, 3.8) is 0 Å². The van der Waals surface area contributed by atoms with Gasteiger partial charge in [0.1, 0.15) is 17.6 Å². The molecule has 0 fully saturated rings. The summed E-state index contributed by atoms with van der Waals surface area (Å²) in [6.07, 6.45) is 0. The van der Waals surface area contributed by atoms with Crippen molar-refractivity contribution in [2.75, 3.05) is 17.7 Å². The van der Waals surface area contributed by atoms with Crippen LogP contribution in [0.25, 0.3) is 0 Å². The van der Waals surface area contributed by atoms with Crippen molar-refractivity contribution in [2.45, 2.75) is 6.92 Å². The third kappa shape index (κ3) is 4.03. The summed E-state index contributed by atoms with van der Waals surface area (Å²) in [6.45, 7) is 1.89. The lowest BCUT2D eigenvalue weighted by Crippen LogP contribution is -2.03. The van der Waals surface area contributed by atoms with E-state index in [1.165, 1.54) is 0 Å². The van der Waals surface area contributed by atoms with Crippen molar-refractivity contribution < 1.29 is 4.74 Å². The SMILES string of the molecule is COc1ccc(Nc2cc(C)nc(Nc3ccccc3C#N)n2)cc1. The molecule has 3 rings (SSSR count). The lowest BCUT2D eigenvalue weighted by atomic mass is 10.2. The molecule has 0 bridgehead atoms. The van der Waals surface area contributed by atoms with E-state index in [4.69, 9.17) is 4.74 Å². The molecule has 3 aromatic rings. The number of nitrogens with zero attached hydrogens (tertiary/aromatic N) is 3. The summed E-state index contributed by atoms with van der Waals surface area (Å²) in [6, 6.07) is 18.8. The summed E-state index contributed by atoms with van der Waals surface area (Å²) in [7, 11) is 1.63. The normalized spacial score (nSPS) is 9.96. The molecule has 0 aliphatic carbocycles. The minimum Gasteiger partial charge on any atom is -0.497 e. The average Bonchev–Trinajstić information content (AvgIpc) is 2.62. The van der Waals surface area contributed by atoms with E-state index >= 15 is 0 Å². The van der Waals surface area contributed by atoms with Crippen LogP contribution >= 0.6 is 0 Å². The molecule has 2 aromatic carbocycles. The Kier molecular flexibility index (Phi) is 4.77. The van der Waals surface area contributed by atoms with Crippen molar-refractivity contribution in [2.24, 2.45) is 0 Å². The highest BCUT2D eigenvalue weighted by Gasteiger charge is 2.06. The average molecular weight is 331 g/mol. The predicted molar refractivity (Wildman–Crippen MR) is 97.5 cm³/mol. The molecule has 0 atom stereocenters. The number of hydrogen-bond acceptors (Lipinski definition) is 6. The van der Waals surface area contributed by atoms with Gasteiger partial charge in [-0.2, -0.15) is 10.2 Å². The van der Waals surface area contributed by atoms with E-state index in [1.807, 2.05) is 55.5 Å². The number of aryl methyl sites for hydroxylation is 1. The van der Waals surface area contributed by atoms with Crippen LogP contribution in [0.2, 0.25) is 0 Å². The van der Waals surface area contributed by atoms with E-state index in [0.717, 1.165) is 17.1 Å². The van der Waals surface area contributed by atoms with E-state index in [0.29, 0.717) is 23.0 Å². The second-order valence-electron chi connectivity index (χ2n) is 5.35. The fourth-order valence-corrected chi connectivity index (χ4v) is 2.32. The van der Waals surface area contributed by atoms with E-state index < -0.39 is 0 Å². The van der Waals surface area contributed by atoms with Gasteiger partial charge in [-0.15, -0.1) is 0 Å². The summed E-state index contributed by atoms with van der Waals surface area (Å²) in [5.74, 6) is 1.88. The number of hydrogen-bond donors (Lipinski definition) is 2. The zero-order valence-electron chi connectivity index (χ0n) is 13.9. The molecule has 0 amide bonds. The monoisotopic (exact) mass is 331 g/mol. The highest BCUT2D eigenvalue weighted by atomic mass is 16.5. The number of anilines is 4. The number of ether oxygens (including phenoxy) is 1. The van der Waals surface area contributed by atoms with Gasteiger partial charge in [-0.05, 0) is 43.3 Å². The van der Waals surface area contributed by atoms with Crippen LogP contribution in [0, 0.1) is 18.3 Å². The molecule has 0 unspecified atom stereocenters. The van der Waals surface area contributed by atoms with Crippen LogP contribution in [0.15, 0.2) is 54.6 Å². The summed E-state index contributed by atoms with van der Waals surface area (Å²) in [5.41, 5.74) is 2.91. The summed E-state index contributed by atoms with van der Waals surface area (Å²) in [4.78, 5) is 8.85. The standard InChI is InChI=1S/C19H17N5O/c1-13-11-18(22-15-7-9-16(25-2)10-8-15)24-19(21-13)23-17-6-4-3-5-14(17)12-20/h3-11H,1-2H3,(H2,21,22,23,24). The Bertz CT molecular complexity index is 916. The molecule has 0 aliphatic heterocycles. The summed E-state index contributed by atoms with van der Waals surface area (Å²) >= 11 is 0. The maximum atomic E-state index is 9.19. The quantitative estimate of drug-likeness (QED) is 0.730. The van der Waals surface area contributed by atoms with Crippen LogP contribution in [0.1, 0.15) is 11.3 Å². The molecule has 25 heavy (non-hydrogen) atoms. The van der Waals surface area contributed by atoms with Crippen LogP contribution in [0.5, 0.6) is 5.75 Å². The first kappa shape index (κ1) is 16.3. The maximum absolute atomic E-state index is 9.19. The first-order valence-corrected chi connectivity index (χ1v) is 7.71. The van der Waals surface area contributed by atoms with Gasteiger partial charge in [0.2, 0.25) is 5.95 Å².